The molecule has 0 bridgehead atoms. The summed E-state index contributed by atoms with van der Waals surface area (Å²) in [6.45, 7) is 5.18. The molecular formula is C18H26N2O6. The summed E-state index contributed by atoms with van der Waals surface area (Å²) in [5, 5.41) is 3.31. The van der Waals surface area contributed by atoms with Gasteiger partial charge in [0.25, 0.3) is 5.91 Å². The van der Waals surface area contributed by atoms with Crippen molar-refractivity contribution in [3.63, 3.8) is 0 Å². The van der Waals surface area contributed by atoms with Gasteiger partial charge >= 0.3 is 12.1 Å². The van der Waals surface area contributed by atoms with E-state index in [2.05, 4.69) is 5.32 Å². The van der Waals surface area contributed by atoms with E-state index in [4.69, 9.17) is 14.3 Å². The number of carbonyl (C=O) groups excluding carboxylic acids is 3. The van der Waals surface area contributed by atoms with Crippen LogP contribution in [0.1, 0.15) is 32.8 Å². The van der Waals surface area contributed by atoms with E-state index in [1.807, 2.05) is 18.2 Å². The van der Waals surface area contributed by atoms with Crippen molar-refractivity contribution in [1.29, 1.82) is 0 Å². The van der Waals surface area contributed by atoms with Crippen molar-refractivity contribution in [2.75, 3.05) is 14.2 Å². The third kappa shape index (κ3) is 7.98. The molecular weight excluding hydrogens is 340 g/mol. The first kappa shape index (κ1) is 21.4. The van der Waals surface area contributed by atoms with Crippen LogP contribution in [0, 0.1) is 0 Å². The molecule has 0 spiro atoms. The van der Waals surface area contributed by atoms with Crippen molar-refractivity contribution in [3.8, 4) is 0 Å². The highest BCUT2D eigenvalue weighted by atomic mass is 16.7. The molecule has 144 valence electrons. The fourth-order valence-electron chi connectivity index (χ4n) is 1.97. The third-order valence-corrected chi connectivity index (χ3v) is 3.18. The number of hydroxylamine groups is 2. The van der Waals surface area contributed by atoms with Crippen LogP contribution in [0.15, 0.2) is 30.3 Å². The summed E-state index contributed by atoms with van der Waals surface area (Å²) in [4.78, 5) is 41.2. The molecule has 8 heteroatoms. The number of likely N-dealkylation sites (N-methyl/N-ethyl adjacent to an activating group) is 1. The van der Waals surface area contributed by atoms with Gasteiger partial charge in [0.05, 0.1) is 13.5 Å². The molecule has 8 nitrogen and oxygen atoms in total. The zero-order valence-corrected chi connectivity index (χ0v) is 15.8. The second kappa shape index (κ2) is 9.76. The molecule has 0 saturated carbocycles. The van der Waals surface area contributed by atoms with Crippen molar-refractivity contribution in [2.24, 2.45) is 0 Å². The summed E-state index contributed by atoms with van der Waals surface area (Å²) in [6, 6.07) is 7.92. The minimum absolute atomic E-state index is 0.0418. The quantitative estimate of drug-likeness (QED) is 0.586. The van der Waals surface area contributed by atoms with Crippen LogP contribution in [0.2, 0.25) is 0 Å². The predicted molar refractivity (Wildman–Crippen MR) is 93.8 cm³/mol. The Balaban J connectivity index is 2.70. The molecule has 1 atom stereocenters. The summed E-state index contributed by atoms with van der Waals surface area (Å²) >= 11 is 0. The van der Waals surface area contributed by atoms with Gasteiger partial charge in [-0.05, 0) is 26.3 Å². The molecule has 1 aromatic rings. The maximum atomic E-state index is 12.3. The molecule has 0 aliphatic carbocycles. The lowest BCUT2D eigenvalue weighted by atomic mass is 10.1. The number of carbonyl (C=O) groups is 3. The molecule has 0 aliphatic heterocycles. The molecule has 0 aliphatic rings. The van der Waals surface area contributed by atoms with Crippen molar-refractivity contribution >= 4 is 18.0 Å². The van der Waals surface area contributed by atoms with Crippen LogP contribution in [-0.4, -0.2) is 48.8 Å². The van der Waals surface area contributed by atoms with Gasteiger partial charge < -0.3 is 14.8 Å². The number of nitrogens with zero attached hydrogens (tertiary/aromatic N) is 1. The number of hydrogen-bond donors (Lipinski definition) is 1. The van der Waals surface area contributed by atoms with Crippen molar-refractivity contribution in [2.45, 2.75) is 45.4 Å². The average Bonchev–Trinajstić information content (AvgIpc) is 2.57. The normalized spacial score (nSPS) is 12.0. The minimum Gasteiger partial charge on any atom is -0.460 e. The third-order valence-electron chi connectivity index (χ3n) is 3.18. The molecule has 0 fully saturated rings. The zero-order chi connectivity index (χ0) is 19.7. The van der Waals surface area contributed by atoms with Gasteiger partial charge in [-0.25, -0.2) is 9.86 Å². The molecule has 1 unspecified atom stereocenters. The highest BCUT2D eigenvalue weighted by Gasteiger charge is 2.29. The summed E-state index contributed by atoms with van der Waals surface area (Å²) in [6.07, 6.45) is -1.16. The number of nitrogens with one attached hydrogen (secondary N) is 1. The van der Waals surface area contributed by atoms with E-state index in [-0.39, 0.29) is 13.0 Å². The molecule has 2 amide bonds. The largest absolute Gasteiger partial charge is 0.460 e. The number of hydrogen-bond acceptors (Lipinski definition) is 6. The first-order valence-electron chi connectivity index (χ1n) is 8.13. The lowest BCUT2D eigenvalue weighted by molar-refractivity contribution is -0.173. The highest BCUT2D eigenvalue weighted by molar-refractivity contribution is 5.89. The van der Waals surface area contributed by atoms with E-state index in [9.17, 15) is 14.4 Å². The standard InChI is InChI=1S/C18H26N2O6/c1-18(2,3)26-15(21)11-14(16(22)20(4)24-5)19-17(23)25-12-13-9-7-6-8-10-13/h6-10,14H,11-12H2,1-5H3,(H,19,23). The Morgan fingerprint density at radius 1 is 1.15 bits per heavy atom. The summed E-state index contributed by atoms with van der Waals surface area (Å²) < 4.78 is 10.3. The smallest absolute Gasteiger partial charge is 0.408 e. The Morgan fingerprint density at radius 3 is 2.31 bits per heavy atom. The predicted octanol–water partition coefficient (Wildman–Crippen LogP) is 2.03. The Hall–Kier alpha value is -2.61. The van der Waals surface area contributed by atoms with E-state index in [1.165, 1.54) is 14.2 Å². The average molecular weight is 366 g/mol. The Morgan fingerprint density at radius 2 is 1.77 bits per heavy atom. The van der Waals surface area contributed by atoms with E-state index in [1.54, 1.807) is 32.9 Å². The molecule has 1 rings (SSSR count). The van der Waals surface area contributed by atoms with Gasteiger partial charge in [0.15, 0.2) is 0 Å². The van der Waals surface area contributed by atoms with Crippen molar-refractivity contribution < 1.29 is 28.7 Å². The van der Waals surface area contributed by atoms with E-state index in [0.717, 1.165) is 10.6 Å². The molecule has 1 N–H and O–H groups in total. The van der Waals surface area contributed by atoms with Gasteiger partial charge in [-0.1, -0.05) is 30.3 Å². The Bertz CT molecular complexity index is 612. The summed E-state index contributed by atoms with van der Waals surface area (Å²) in [5.41, 5.74) is 0.0951. The highest BCUT2D eigenvalue weighted by Crippen LogP contribution is 2.11. The van der Waals surface area contributed by atoms with Crippen LogP contribution >= 0.6 is 0 Å². The Labute approximate surface area is 153 Å². The fourth-order valence-corrected chi connectivity index (χ4v) is 1.97. The maximum absolute atomic E-state index is 12.3. The van der Waals surface area contributed by atoms with Gasteiger partial charge in [-0.15, -0.1) is 0 Å². The lowest BCUT2D eigenvalue weighted by Crippen LogP contribution is -2.48. The molecule has 0 radical (unpaired) electrons. The summed E-state index contributed by atoms with van der Waals surface area (Å²) in [7, 11) is 2.68. The fraction of sp³-hybridized carbons (Fsp3) is 0.500. The number of rotatable bonds is 7. The minimum atomic E-state index is -1.17. The second-order valence-electron chi connectivity index (χ2n) is 6.57. The summed E-state index contributed by atoms with van der Waals surface area (Å²) in [5.74, 6) is -1.22. The topological polar surface area (TPSA) is 94.2 Å². The number of ether oxygens (including phenoxy) is 2. The van der Waals surface area contributed by atoms with Crippen LogP contribution in [0.4, 0.5) is 4.79 Å². The lowest BCUT2D eigenvalue weighted by Gasteiger charge is -2.24. The SMILES string of the molecule is CON(C)C(=O)C(CC(=O)OC(C)(C)C)NC(=O)OCc1ccccc1. The maximum Gasteiger partial charge on any atom is 0.408 e. The van der Waals surface area contributed by atoms with Crippen LogP contribution in [0.25, 0.3) is 0 Å². The molecule has 1 aromatic carbocycles. The van der Waals surface area contributed by atoms with E-state index >= 15 is 0 Å². The van der Waals surface area contributed by atoms with Crippen LogP contribution in [0.3, 0.4) is 0 Å². The van der Waals surface area contributed by atoms with Crippen LogP contribution in [0.5, 0.6) is 0 Å². The van der Waals surface area contributed by atoms with Crippen LogP contribution in [-0.2, 0) is 30.5 Å². The molecule has 0 heterocycles. The second-order valence-corrected chi connectivity index (χ2v) is 6.57. The molecule has 26 heavy (non-hydrogen) atoms. The Kier molecular flexibility index (Phi) is 8.05. The zero-order valence-electron chi connectivity index (χ0n) is 15.8. The van der Waals surface area contributed by atoms with Gasteiger partial charge in [0.2, 0.25) is 0 Å². The van der Waals surface area contributed by atoms with E-state index in [0.29, 0.717) is 0 Å². The van der Waals surface area contributed by atoms with E-state index < -0.39 is 29.6 Å². The van der Waals surface area contributed by atoms with Gasteiger partial charge in [-0.3, -0.25) is 14.4 Å². The molecule has 0 aromatic heterocycles. The van der Waals surface area contributed by atoms with Gasteiger partial charge in [0.1, 0.15) is 18.2 Å². The van der Waals surface area contributed by atoms with Gasteiger partial charge in [-0.2, -0.15) is 0 Å². The monoisotopic (exact) mass is 366 g/mol. The first-order valence-corrected chi connectivity index (χ1v) is 8.13. The number of esters is 1. The van der Waals surface area contributed by atoms with Gasteiger partial charge in [0, 0.05) is 7.05 Å². The van der Waals surface area contributed by atoms with Crippen molar-refractivity contribution in [3.05, 3.63) is 35.9 Å². The first-order chi connectivity index (χ1) is 12.1. The molecule has 0 saturated heterocycles. The number of benzene rings is 1. The van der Waals surface area contributed by atoms with Crippen molar-refractivity contribution in [1.82, 2.24) is 10.4 Å². The number of amides is 2. The number of alkyl carbamates (subject to hydrolysis) is 1. The van der Waals surface area contributed by atoms with Crippen LogP contribution < -0.4 is 5.32 Å².